The molecule has 2 heterocycles. The van der Waals surface area contributed by atoms with Gasteiger partial charge in [-0.05, 0) is 43.6 Å². The van der Waals surface area contributed by atoms with Crippen LogP contribution in [0.1, 0.15) is 24.0 Å². The van der Waals surface area contributed by atoms with Crippen LogP contribution >= 0.6 is 0 Å². The Kier molecular flexibility index (Phi) is 5.41. The zero-order valence-corrected chi connectivity index (χ0v) is 17.3. The van der Waals surface area contributed by atoms with Crippen molar-refractivity contribution in [2.75, 3.05) is 45.2 Å². The molecule has 0 aliphatic carbocycles. The molecule has 2 amide bonds. The summed E-state index contributed by atoms with van der Waals surface area (Å²) in [5.74, 6) is 0.0949. The number of fused-ring (bicyclic) bond motifs is 1. The van der Waals surface area contributed by atoms with Crippen molar-refractivity contribution in [2.24, 2.45) is 0 Å². The van der Waals surface area contributed by atoms with E-state index in [0.29, 0.717) is 6.42 Å². The Morgan fingerprint density at radius 1 is 0.931 bits per heavy atom. The van der Waals surface area contributed by atoms with Gasteiger partial charge in [-0.15, -0.1) is 0 Å². The quantitative estimate of drug-likeness (QED) is 0.805. The van der Waals surface area contributed by atoms with E-state index in [4.69, 9.17) is 0 Å². The highest BCUT2D eigenvalue weighted by Gasteiger charge is 2.51. The summed E-state index contributed by atoms with van der Waals surface area (Å²) < 4.78 is 0. The van der Waals surface area contributed by atoms with Gasteiger partial charge in [0, 0.05) is 38.8 Å². The Hall–Kier alpha value is -2.66. The van der Waals surface area contributed by atoms with E-state index in [1.807, 2.05) is 66.5 Å². The maximum atomic E-state index is 13.6. The van der Waals surface area contributed by atoms with Crippen molar-refractivity contribution >= 4 is 17.5 Å². The summed E-state index contributed by atoms with van der Waals surface area (Å²) in [5.41, 5.74) is 2.12. The van der Waals surface area contributed by atoms with Gasteiger partial charge in [-0.3, -0.25) is 9.59 Å². The fraction of sp³-hybridized carbons (Fsp3) is 0.417. The molecule has 152 valence electrons. The van der Waals surface area contributed by atoms with Crippen LogP contribution in [0.3, 0.4) is 0 Å². The predicted octanol–water partition coefficient (Wildman–Crippen LogP) is 2.70. The molecule has 2 aromatic rings. The van der Waals surface area contributed by atoms with Crippen LogP contribution < -0.4 is 4.90 Å². The van der Waals surface area contributed by atoms with E-state index < -0.39 is 5.41 Å². The van der Waals surface area contributed by atoms with Crippen molar-refractivity contribution in [3.05, 3.63) is 65.7 Å². The molecule has 1 atom stereocenters. The van der Waals surface area contributed by atoms with E-state index in [0.717, 1.165) is 49.4 Å². The van der Waals surface area contributed by atoms with Gasteiger partial charge < -0.3 is 14.7 Å². The second-order valence-corrected chi connectivity index (χ2v) is 8.34. The molecule has 29 heavy (non-hydrogen) atoms. The van der Waals surface area contributed by atoms with Crippen LogP contribution in [0.5, 0.6) is 0 Å². The average molecular weight is 392 g/mol. The minimum atomic E-state index is -0.845. The summed E-state index contributed by atoms with van der Waals surface area (Å²) in [6.07, 6.45) is 1.72. The maximum Gasteiger partial charge on any atom is 0.238 e. The Morgan fingerprint density at radius 2 is 1.66 bits per heavy atom. The molecule has 0 unspecified atom stereocenters. The molecule has 4 rings (SSSR count). The third-order valence-corrected chi connectivity index (χ3v) is 6.37. The summed E-state index contributed by atoms with van der Waals surface area (Å²) in [5, 5.41) is 0. The number of para-hydroxylation sites is 1. The molecule has 1 saturated heterocycles. The summed E-state index contributed by atoms with van der Waals surface area (Å²) in [6, 6.07) is 18.0. The molecule has 0 aromatic heterocycles. The first kappa shape index (κ1) is 19.6. The van der Waals surface area contributed by atoms with E-state index in [-0.39, 0.29) is 18.2 Å². The first-order valence-corrected chi connectivity index (χ1v) is 10.4. The first-order chi connectivity index (χ1) is 14.0. The average Bonchev–Trinajstić information content (AvgIpc) is 2.88. The lowest BCUT2D eigenvalue weighted by atomic mass is 9.73. The Balaban J connectivity index is 1.70. The molecular formula is C24H29N3O2. The van der Waals surface area contributed by atoms with Crippen LogP contribution in [0, 0.1) is 0 Å². The highest BCUT2D eigenvalue weighted by atomic mass is 16.2. The monoisotopic (exact) mass is 391 g/mol. The third kappa shape index (κ3) is 3.67. The molecule has 5 heteroatoms. The zero-order chi connectivity index (χ0) is 20.4. The van der Waals surface area contributed by atoms with E-state index >= 15 is 0 Å². The third-order valence-electron chi connectivity index (χ3n) is 6.37. The molecule has 2 aliphatic rings. The Bertz CT molecular complexity index is 898. The number of hydrogen-bond acceptors (Lipinski definition) is 3. The fourth-order valence-corrected chi connectivity index (χ4v) is 4.73. The minimum Gasteiger partial charge on any atom is -0.341 e. The number of benzene rings is 2. The van der Waals surface area contributed by atoms with E-state index in [1.54, 1.807) is 4.90 Å². The van der Waals surface area contributed by atoms with Crippen molar-refractivity contribution in [3.8, 4) is 0 Å². The van der Waals surface area contributed by atoms with Gasteiger partial charge in [0.15, 0.2) is 0 Å². The Labute approximate surface area is 172 Å². The van der Waals surface area contributed by atoms with Crippen LogP contribution in [-0.4, -0.2) is 61.9 Å². The normalized spacial score (nSPS) is 22.5. The molecule has 2 aromatic carbocycles. The highest BCUT2D eigenvalue weighted by Crippen LogP contribution is 2.45. The zero-order valence-electron chi connectivity index (χ0n) is 17.3. The molecule has 0 N–H and O–H groups in total. The molecule has 2 aliphatic heterocycles. The van der Waals surface area contributed by atoms with Gasteiger partial charge in [0.25, 0.3) is 0 Å². The van der Waals surface area contributed by atoms with Crippen LogP contribution in [0.15, 0.2) is 54.6 Å². The number of nitrogens with zero attached hydrogens (tertiary/aromatic N) is 3. The van der Waals surface area contributed by atoms with Crippen LogP contribution in [0.2, 0.25) is 0 Å². The number of amides is 2. The van der Waals surface area contributed by atoms with Crippen molar-refractivity contribution in [3.63, 3.8) is 0 Å². The lowest BCUT2D eigenvalue weighted by Crippen LogP contribution is -2.46. The number of hydrogen-bond donors (Lipinski definition) is 0. The van der Waals surface area contributed by atoms with Gasteiger partial charge >= 0.3 is 0 Å². The summed E-state index contributed by atoms with van der Waals surface area (Å²) in [6.45, 7) is 3.37. The van der Waals surface area contributed by atoms with Crippen molar-refractivity contribution in [1.82, 2.24) is 9.80 Å². The standard InChI is InChI=1S/C24H29N3O2/c1-25-13-8-14-27(16-15-25)22(28)18-24(17-19-9-4-3-5-10-19)20-11-6-7-12-21(20)26(2)23(24)29/h3-7,9-12H,8,13-18H2,1-2H3/t24-/m0/s1. The molecule has 5 nitrogen and oxygen atoms in total. The molecule has 0 radical (unpaired) electrons. The molecule has 1 fully saturated rings. The number of carbonyl (C=O) groups excluding carboxylic acids is 2. The summed E-state index contributed by atoms with van der Waals surface area (Å²) in [4.78, 5) is 32.9. The lowest BCUT2D eigenvalue weighted by molar-refractivity contribution is -0.136. The van der Waals surface area contributed by atoms with Crippen LogP contribution in [0.4, 0.5) is 5.69 Å². The van der Waals surface area contributed by atoms with E-state index in [2.05, 4.69) is 11.9 Å². The smallest absolute Gasteiger partial charge is 0.238 e. The Morgan fingerprint density at radius 3 is 2.45 bits per heavy atom. The number of rotatable bonds is 4. The number of anilines is 1. The largest absolute Gasteiger partial charge is 0.341 e. The molecule has 0 bridgehead atoms. The van der Waals surface area contributed by atoms with Crippen LogP contribution in [-0.2, 0) is 21.4 Å². The van der Waals surface area contributed by atoms with E-state index in [9.17, 15) is 9.59 Å². The van der Waals surface area contributed by atoms with Crippen molar-refractivity contribution in [1.29, 1.82) is 0 Å². The van der Waals surface area contributed by atoms with Crippen LogP contribution in [0.25, 0.3) is 0 Å². The number of carbonyl (C=O) groups is 2. The molecule has 0 saturated carbocycles. The SMILES string of the molecule is CN1CCCN(C(=O)C[C@]2(Cc3ccccc3)C(=O)N(C)c3ccccc32)CC1. The van der Waals surface area contributed by atoms with Gasteiger partial charge in [-0.2, -0.15) is 0 Å². The number of likely N-dealkylation sites (N-methyl/N-ethyl adjacent to an activating group) is 2. The topological polar surface area (TPSA) is 43.9 Å². The van der Waals surface area contributed by atoms with E-state index in [1.165, 1.54) is 0 Å². The lowest BCUT2D eigenvalue weighted by Gasteiger charge is -2.31. The highest BCUT2D eigenvalue weighted by molar-refractivity contribution is 6.09. The van der Waals surface area contributed by atoms with Crippen molar-refractivity contribution in [2.45, 2.75) is 24.7 Å². The fourth-order valence-electron chi connectivity index (χ4n) is 4.73. The van der Waals surface area contributed by atoms with Gasteiger partial charge in [0.05, 0.1) is 5.41 Å². The summed E-state index contributed by atoms with van der Waals surface area (Å²) >= 11 is 0. The molecular weight excluding hydrogens is 362 g/mol. The van der Waals surface area contributed by atoms with Crippen molar-refractivity contribution < 1.29 is 9.59 Å². The maximum absolute atomic E-state index is 13.6. The molecule has 0 spiro atoms. The van der Waals surface area contributed by atoms with Gasteiger partial charge in [0.2, 0.25) is 11.8 Å². The van der Waals surface area contributed by atoms with Gasteiger partial charge in [-0.25, -0.2) is 0 Å². The predicted molar refractivity (Wildman–Crippen MR) is 115 cm³/mol. The minimum absolute atomic E-state index is 0.0165. The van der Waals surface area contributed by atoms with Gasteiger partial charge in [-0.1, -0.05) is 48.5 Å². The summed E-state index contributed by atoms with van der Waals surface area (Å²) in [7, 11) is 3.91. The first-order valence-electron chi connectivity index (χ1n) is 10.4. The van der Waals surface area contributed by atoms with Gasteiger partial charge in [0.1, 0.15) is 0 Å². The second kappa shape index (κ2) is 7.99. The second-order valence-electron chi connectivity index (χ2n) is 8.34.